The Morgan fingerprint density at radius 3 is 2.43 bits per heavy atom. The Kier molecular flexibility index (Phi) is 5.16. The van der Waals surface area contributed by atoms with Crippen LogP contribution in [0.1, 0.15) is 17.3 Å². The van der Waals surface area contributed by atoms with E-state index in [1.54, 1.807) is 6.92 Å². The Labute approximate surface area is 145 Å². The van der Waals surface area contributed by atoms with Gasteiger partial charge in [-0.1, -0.05) is 12.1 Å². The highest BCUT2D eigenvalue weighted by Gasteiger charge is 2.25. The fraction of sp³-hybridized carbons (Fsp3) is 0.267. The number of benzene rings is 1. The third kappa shape index (κ3) is 3.28. The van der Waals surface area contributed by atoms with Gasteiger partial charge in [0.2, 0.25) is 0 Å². The number of halogens is 1. The number of thioether (sulfide) groups is 1. The van der Waals surface area contributed by atoms with Crippen LogP contribution < -0.4 is 17.0 Å². The van der Waals surface area contributed by atoms with Gasteiger partial charge in [0.25, 0.3) is 5.56 Å². The quantitative estimate of drug-likeness (QED) is 0.627. The van der Waals surface area contributed by atoms with Gasteiger partial charge in [0.05, 0.1) is 5.25 Å². The molecule has 2 N–H and O–H groups in total. The summed E-state index contributed by atoms with van der Waals surface area (Å²) in [5.41, 5.74) is 4.44. The van der Waals surface area contributed by atoms with Crippen LogP contribution in [-0.2, 0) is 14.1 Å². The van der Waals surface area contributed by atoms with Crippen LogP contribution in [0.2, 0.25) is 0 Å². The molecule has 0 amide bonds. The minimum atomic E-state index is -0.671. The first-order chi connectivity index (χ1) is 10.8. The molecule has 8 heteroatoms. The van der Waals surface area contributed by atoms with Crippen LogP contribution in [0.4, 0.5) is 5.82 Å². The summed E-state index contributed by atoms with van der Waals surface area (Å²) >= 11 is 4.74. The summed E-state index contributed by atoms with van der Waals surface area (Å²) in [5.74, 6) is -0.512. The monoisotopic (exact) mass is 397 g/mol. The van der Waals surface area contributed by atoms with Crippen LogP contribution in [0.3, 0.4) is 0 Å². The van der Waals surface area contributed by atoms with Gasteiger partial charge in [0.15, 0.2) is 5.78 Å². The molecular formula is C15H16BrN3O3S. The number of nitrogen functional groups attached to an aromatic ring is 1. The predicted molar refractivity (Wildman–Crippen MR) is 95.1 cm³/mol. The van der Waals surface area contributed by atoms with Crippen LogP contribution in [0.5, 0.6) is 0 Å². The first kappa shape index (κ1) is 17.6. The zero-order valence-electron chi connectivity index (χ0n) is 12.9. The maximum atomic E-state index is 12.7. The number of anilines is 1. The number of ketones is 1. The molecule has 1 unspecified atom stereocenters. The molecule has 0 saturated carbocycles. The minimum absolute atomic E-state index is 0.109. The molecule has 0 bridgehead atoms. The molecule has 0 spiro atoms. The second-order valence-electron chi connectivity index (χ2n) is 5.02. The third-order valence-electron chi connectivity index (χ3n) is 3.47. The van der Waals surface area contributed by atoms with Gasteiger partial charge in [0, 0.05) is 23.5 Å². The fourth-order valence-electron chi connectivity index (χ4n) is 2.08. The number of nitrogens with two attached hydrogens (primary N) is 1. The van der Waals surface area contributed by atoms with Gasteiger partial charge in [0.1, 0.15) is 11.4 Å². The molecular weight excluding hydrogens is 382 g/mol. The van der Waals surface area contributed by atoms with Crippen LogP contribution in [0.15, 0.2) is 43.2 Å². The number of hydrogen-bond acceptors (Lipinski definition) is 5. The van der Waals surface area contributed by atoms with E-state index in [4.69, 9.17) is 5.73 Å². The Balaban J connectivity index is 2.44. The summed E-state index contributed by atoms with van der Waals surface area (Å²) < 4.78 is 2.86. The van der Waals surface area contributed by atoms with Crippen molar-refractivity contribution in [2.24, 2.45) is 14.1 Å². The van der Waals surface area contributed by atoms with Crippen molar-refractivity contribution in [3.05, 3.63) is 55.1 Å². The van der Waals surface area contributed by atoms with Crippen LogP contribution in [0, 0.1) is 0 Å². The van der Waals surface area contributed by atoms with E-state index >= 15 is 0 Å². The van der Waals surface area contributed by atoms with Crippen molar-refractivity contribution < 1.29 is 4.79 Å². The lowest BCUT2D eigenvalue weighted by Gasteiger charge is -2.15. The summed E-state index contributed by atoms with van der Waals surface area (Å²) in [6, 6.07) is 7.49. The maximum Gasteiger partial charge on any atom is 0.332 e. The summed E-state index contributed by atoms with van der Waals surface area (Å²) in [6.45, 7) is 1.70. The second kappa shape index (κ2) is 6.76. The van der Waals surface area contributed by atoms with Crippen LogP contribution in [0.25, 0.3) is 0 Å². The zero-order valence-corrected chi connectivity index (χ0v) is 15.3. The highest BCUT2D eigenvalue weighted by molar-refractivity contribution is 9.10. The van der Waals surface area contributed by atoms with Gasteiger partial charge in [-0.15, -0.1) is 11.8 Å². The lowest BCUT2D eigenvalue weighted by molar-refractivity contribution is 0.0992. The molecule has 1 aromatic carbocycles. The van der Waals surface area contributed by atoms with Crippen molar-refractivity contribution in [1.29, 1.82) is 0 Å². The second-order valence-corrected chi connectivity index (χ2v) is 7.26. The Bertz CT molecular complexity index is 889. The highest BCUT2D eigenvalue weighted by Crippen LogP contribution is 2.31. The van der Waals surface area contributed by atoms with Crippen molar-refractivity contribution in [2.75, 3.05) is 5.73 Å². The average Bonchev–Trinajstić information content (AvgIpc) is 2.53. The van der Waals surface area contributed by atoms with Crippen molar-refractivity contribution in [1.82, 2.24) is 9.13 Å². The van der Waals surface area contributed by atoms with Gasteiger partial charge >= 0.3 is 5.69 Å². The van der Waals surface area contributed by atoms with Gasteiger partial charge in [-0.25, -0.2) is 4.79 Å². The van der Waals surface area contributed by atoms with E-state index in [1.807, 2.05) is 24.3 Å². The molecule has 0 saturated heterocycles. The number of carbonyl (C=O) groups excluding carboxylic acids is 1. The van der Waals surface area contributed by atoms with E-state index in [1.165, 1.54) is 25.9 Å². The predicted octanol–water partition coefficient (Wildman–Crippen LogP) is 1.79. The van der Waals surface area contributed by atoms with E-state index in [9.17, 15) is 14.4 Å². The largest absolute Gasteiger partial charge is 0.384 e. The lowest BCUT2D eigenvalue weighted by atomic mass is 10.1. The van der Waals surface area contributed by atoms with Crippen LogP contribution in [-0.4, -0.2) is 20.2 Å². The van der Waals surface area contributed by atoms with E-state index in [0.29, 0.717) is 0 Å². The number of nitrogens with zero attached hydrogens (tertiary/aromatic N) is 2. The Morgan fingerprint density at radius 1 is 1.22 bits per heavy atom. The van der Waals surface area contributed by atoms with E-state index in [2.05, 4.69) is 15.9 Å². The smallest absolute Gasteiger partial charge is 0.332 e. The van der Waals surface area contributed by atoms with Crippen LogP contribution >= 0.6 is 27.7 Å². The first-order valence-electron chi connectivity index (χ1n) is 6.76. The van der Waals surface area contributed by atoms with Gasteiger partial charge in [-0.3, -0.25) is 18.7 Å². The summed E-state index contributed by atoms with van der Waals surface area (Å²) in [5, 5.41) is -0.527. The van der Waals surface area contributed by atoms with Gasteiger partial charge < -0.3 is 5.73 Å². The van der Waals surface area contributed by atoms with Crippen molar-refractivity contribution in [3.63, 3.8) is 0 Å². The zero-order chi connectivity index (χ0) is 17.3. The molecule has 0 radical (unpaired) electrons. The molecule has 6 nitrogen and oxygen atoms in total. The molecule has 2 rings (SSSR count). The van der Waals surface area contributed by atoms with Crippen molar-refractivity contribution in [3.8, 4) is 0 Å². The molecule has 1 aromatic heterocycles. The number of Topliss-reactive ketones (excluding diaryl/α,β-unsaturated/α-hetero) is 1. The molecule has 0 aliphatic heterocycles. The normalized spacial score (nSPS) is 12.2. The van der Waals surface area contributed by atoms with Gasteiger partial charge in [-0.2, -0.15) is 0 Å². The van der Waals surface area contributed by atoms with E-state index in [-0.39, 0.29) is 11.4 Å². The Morgan fingerprint density at radius 2 is 1.83 bits per heavy atom. The molecule has 23 heavy (non-hydrogen) atoms. The molecule has 1 heterocycles. The minimum Gasteiger partial charge on any atom is -0.384 e. The number of hydrogen-bond donors (Lipinski definition) is 1. The number of aromatic nitrogens is 2. The molecule has 0 aliphatic rings. The molecule has 2 aromatic rings. The molecule has 122 valence electrons. The van der Waals surface area contributed by atoms with E-state index in [0.717, 1.165) is 18.5 Å². The number of rotatable bonds is 4. The molecule has 0 aliphatic carbocycles. The Hall–Kier alpha value is -1.80. The third-order valence-corrected chi connectivity index (χ3v) is 5.60. The SMILES string of the molecule is CC(Sc1ccccc1Br)C(=O)c1c(N)n(C)c(=O)n(C)c1=O. The maximum absolute atomic E-state index is 12.7. The highest BCUT2D eigenvalue weighted by atomic mass is 79.9. The lowest BCUT2D eigenvalue weighted by Crippen LogP contribution is -2.42. The van der Waals surface area contributed by atoms with Crippen molar-refractivity contribution >= 4 is 39.3 Å². The summed E-state index contributed by atoms with van der Waals surface area (Å²) in [7, 11) is 2.76. The summed E-state index contributed by atoms with van der Waals surface area (Å²) in [6.07, 6.45) is 0. The summed E-state index contributed by atoms with van der Waals surface area (Å²) in [4.78, 5) is 37.6. The van der Waals surface area contributed by atoms with E-state index < -0.39 is 22.3 Å². The molecule has 0 fully saturated rings. The fourth-order valence-corrected chi connectivity index (χ4v) is 3.59. The number of carbonyl (C=O) groups is 1. The standard InChI is InChI=1S/C15H16BrN3O3S/c1-8(23-10-7-5-4-6-9(10)16)12(20)11-13(17)18(2)15(22)19(3)14(11)21/h4-8H,17H2,1-3H3. The first-order valence-corrected chi connectivity index (χ1v) is 8.43. The molecule has 1 atom stereocenters. The van der Waals surface area contributed by atoms with Crippen molar-refractivity contribution in [2.45, 2.75) is 17.1 Å². The van der Waals surface area contributed by atoms with Gasteiger partial charge in [-0.05, 0) is 35.0 Å². The average molecular weight is 398 g/mol. The topological polar surface area (TPSA) is 87.1 Å².